The van der Waals surface area contributed by atoms with E-state index >= 15 is 0 Å². The Morgan fingerprint density at radius 1 is 1.47 bits per heavy atom. The molecule has 2 aliphatic carbocycles. The van der Waals surface area contributed by atoms with Gasteiger partial charge in [0.25, 0.3) is 0 Å². The minimum atomic E-state index is -0.823. The smallest absolute Gasteiger partial charge is 0.313 e. The predicted octanol–water partition coefficient (Wildman–Crippen LogP) is 1.68. The number of methoxy groups -OCH3 is 1. The van der Waals surface area contributed by atoms with Crippen molar-refractivity contribution in [1.29, 1.82) is 0 Å². The first-order chi connectivity index (χ1) is 9.19. The quantitative estimate of drug-likeness (QED) is 0.800. The third-order valence-corrected chi connectivity index (χ3v) is 4.65. The number of carbonyl (C=O) groups is 1. The molecule has 0 radical (unpaired) electrons. The highest BCUT2D eigenvalue weighted by atomic mass is 32.2. The lowest BCUT2D eigenvalue weighted by molar-refractivity contribution is -0.133. The number of ether oxygens (including phenoxy) is 1. The molecule has 0 saturated heterocycles. The molecule has 0 bridgehead atoms. The fourth-order valence-electron chi connectivity index (χ4n) is 2.42. The molecule has 1 aromatic heterocycles. The zero-order valence-electron chi connectivity index (χ0n) is 10.8. The second kappa shape index (κ2) is 5.13. The fourth-order valence-corrected chi connectivity index (χ4v) is 3.15. The summed E-state index contributed by atoms with van der Waals surface area (Å²) < 4.78 is 7.47. The minimum absolute atomic E-state index is 0.0310. The zero-order chi connectivity index (χ0) is 13.4. The van der Waals surface area contributed by atoms with Crippen molar-refractivity contribution in [2.75, 3.05) is 12.9 Å². The number of carboxylic acids is 1. The van der Waals surface area contributed by atoms with Crippen LogP contribution in [-0.4, -0.2) is 44.8 Å². The second-order valence-corrected chi connectivity index (χ2v) is 6.09. The van der Waals surface area contributed by atoms with E-state index in [0.29, 0.717) is 18.1 Å². The summed E-state index contributed by atoms with van der Waals surface area (Å²) in [5.41, 5.74) is 0. The summed E-state index contributed by atoms with van der Waals surface area (Å²) in [6.07, 6.45) is 4.59. The van der Waals surface area contributed by atoms with Crippen LogP contribution in [0, 0.1) is 0 Å². The maximum Gasteiger partial charge on any atom is 0.313 e. The van der Waals surface area contributed by atoms with Crippen LogP contribution in [0.3, 0.4) is 0 Å². The molecule has 3 rings (SSSR count). The van der Waals surface area contributed by atoms with E-state index in [0.717, 1.165) is 23.8 Å². The van der Waals surface area contributed by atoms with Gasteiger partial charge in [-0.2, -0.15) is 0 Å². The SMILES string of the molecule is COC1CC(n2c(SCC(=O)O)nnc2C2CC2)C1. The van der Waals surface area contributed by atoms with Crippen LogP contribution in [0.4, 0.5) is 0 Å². The lowest BCUT2D eigenvalue weighted by Gasteiger charge is -2.36. The maximum atomic E-state index is 10.7. The van der Waals surface area contributed by atoms with Gasteiger partial charge in [-0.05, 0) is 25.7 Å². The van der Waals surface area contributed by atoms with Crippen LogP contribution in [0.2, 0.25) is 0 Å². The van der Waals surface area contributed by atoms with Gasteiger partial charge in [0.05, 0.1) is 11.9 Å². The molecule has 0 unspecified atom stereocenters. The Balaban J connectivity index is 1.77. The first-order valence-corrected chi connectivity index (χ1v) is 7.49. The van der Waals surface area contributed by atoms with Crippen molar-refractivity contribution >= 4 is 17.7 Å². The van der Waals surface area contributed by atoms with Gasteiger partial charge in [-0.1, -0.05) is 11.8 Å². The van der Waals surface area contributed by atoms with Gasteiger partial charge in [0, 0.05) is 19.1 Å². The van der Waals surface area contributed by atoms with Crippen LogP contribution in [-0.2, 0) is 9.53 Å². The van der Waals surface area contributed by atoms with Crippen molar-refractivity contribution < 1.29 is 14.6 Å². The molecule has 1 heterocycles. The van der Waals surface area contributed by atoms with Crippen LogP contribution in [0.5, 0.6) is 0 Å². The van der Waals surface area contributed by atoms with Crippen LogP contribution < -0.4 is 0 Å². The highest BCUT2D eigenvalue weighted by Crippen LogP contribution is 2.44. The molecule has 0 aliphatic heterocycles. The van der Waals surface area contributed by atoms with Crippen LogP contribution in [0.25, 0.3) is 0 Å². The molecule has 7 heteroatoms. The van der Waals surface area contributed by atoms with Crippen molar-refractivity contribution in [3.8, 4) is 0 Å². The molecule has 0 aromatic carbocycles. The summed E-state index contributed by atoms with van der Waals surface area (Å²) in [6, 6.07) is 0.367. The van der Waals surface area contributed by atoms with E-state index in [-0.39, 0.29) is 5.75 Å². The van der Waals surface area contributed by atoms with Crippen molar-refractivity contribution in [1.82, 2.24) is 14.8 Å². The molecular formula is C12H17N3O3S. The van der Waals surface area contributed by atoms with Crippen LogP contribution in [0.1, 0.15) is 43.5 Å². The fraction of sp³-hybridized carbons (Fsp3) is 0.750. The highest BCUT2D eigenvalue weighted by Gasteiger charge is 2.38. The predicted molar refractivity (Wildman–Crippen MR) is 69.4 cm³/mol. The number of nitrogens with zero attached hydrogens (tertiary/aromatic N) is 3. The van der Waals surface area contributed by atoms with Gasteiger partial charge >= 0.3 is 5.97 Å². The molecule has 2 saturated carbocycles. The monoisotopic (exact) mass is 283 g/mol. The van der Waals surface area contributed by atoms with E-state index in [1.807, 2.05) is 0 Å². The van der Waals surface area contributed by atoms with E-state index in [1.165, 1.54) is 24.6 Å². The Morgan fingerprint density at radius 3 is 2.79 bits per heavy atom. The molecule has 2 fully saturated rings. The summed E-state index contributed by atoms with van der Waals surface area (Å²) in [6.45, 7) is 0. The first kappa shape index (κ1) is 12.9. The molecule has 19 heavy (non-hydrogen) atoms. The molecular weight excluding hydrogens is 266 g/mol. The normalized spacial score (nSPS) is 26.2. The van der Waals surface area contributed by atoms with Gasteiger partial charge in [-0.25, -0.2) is 0 Å². The van der Waals surface area contributed by atoms with Gasteiger partial charge in [0.1, 0.15) is 5.82 Å². The van der Waals surface area contributed by atoms with E-state index < -0.39 is 5.97 Å². The largest absolute Gasteiger partial charge is 0.481 e. The number of thioether (sulfide) groups is 1. The number of hydrogen-bond acceptors (Lipinski definition) is 5. The number of rotatable bonds is 6. The Kier molecular flexibility index (Phi) is 3.49. The second-order valence-electron chi connectivity index (χ2n) is 5.15. The van der Waals surface area contributed by atoms with Gasteiger partial charge in [0.2, 0.25) is 0 Å². The number of carboxylic acid groups (broad SMARTS) is 1. The Labute approximate surface area is 115 Å². The summed E-state index contributed by atoms with van der Waals surface area (Å²) >= 11 is 1.26. The van der Waals surface area contributed by atoms with Crippen molar-refractivity contribution in [3.63, 3.8) is 0 Å². The molecule has 1 aromatic rings. The van der Waals surface area contributed by atoms with Crippen molar-refractivity contribution in [2.45, 2.75) is 48.9 Å². The standard InChI is InChI=1S/C12H17N3O3S/c1-18-9-4-8(5-9)15-11(7-2-3-7)13-14-12(15)19-6-10(16)17/h7-9H,2-6H2,1H3,(H,16,17). The molecule has 0 amide bonds. The molecule has 0 spiro atoms. The summed E-state index contributed by atoms with van der Waals surface area (Å²) in [4.78, 5) is 10.7. The van der Waals surface area contributed by atoms with Crippen molar-refractivity contribution in [2.24, 2.45) is 0 Å². The number of aromatic nitrogens is 3. The Morgan fingerprint density at radius 2 is 2.21 bits per heavy atom. The van der Waals surface area contributed by atoms with Crippen molar-refractivity contribution in [3.05, 3.63) is 5.82 Å². The van der Waals surface area contributed by atoms with Gasteiger partial charge in [-0.15, -0.1) is 10.2 Å². The average Bonchev–Trinajstić information content (AvgIpc) is 3.08. The average molecular weight is 283 g/mol. The summed E-state index contributed by atoms with van der Waals surface area (Å²) in [7, 11) is 1.73. The zero-order valence-corrected chi connectivity index (χ0v) is 11.6. The third kappa shape index (κ3) is 2.62. The van der Waals surface area contributed by atoms with Gasteiger partial charge in [-0.3, -0.25) is 4.79 Å². The lowest BCUT2D eigenvalue weighted by Crippen LogP contribution is -2.33. The van der Waals surface area contributed by atoms with Crippen LogP contribution >= 0.6 is 11.8 Å². The van der Waals surface area contributed by atoms with Crippen LogP contribution in [0.15, 0.2) is 5.16 Å². The number of aliphatic carboxylic acids is 1. The van der Waals surface area contributed by atoms with Gasteiger partial charge in [0.15, 0.2) is 5.16 Å². The maximum absolute atomic E-state index is 10.7. The Hall–Kier alpha value is -1.08. The number of hydrogen-bond donors (Lipinski definition) is 1. The highest BCUT2D eigenvalue weighted by molar-refractivity contribution is 7.99. The topological polar surface area (TPSA) is 77.2 Å². The van der Waals surface area contributed by atoms with E-state index in [4.69, 9.17) is 9.84 Å². The lowest BCUT2D eigenvalue weighted by atomic mass is 9.89. The van der Waals surface area contributed by atoms with E-state index in [2.05, 4.69) is 14.8 Å². The molecule has 2 aliphatic rings. The van der Waals surface area contributed by atoms with E-state index in [9.17, 15) is 4.79 Å². The molecule has 104 valence electrons. The van der Waals surface area contributed by atoms with Gasteiger partial charge < -0.3 is 14.4 Å². The molecule has 6 nitrogen and oxygen atoms in total. The third-order valence-electron chi connectivity index (χ3n) is 3.73. The summed E-state index contributed by atoms with van der Waals surface area (Å²) in [5.74, 6) is 0.764. The Bertz CT molecular complexity index is 481. The minimum Gasteiger partial charge on any atom is -0.481 e. The summed E-state index contributed by atoms with van der Waals surface area (Å²) in [5, 5.41) is 18.0. The first-order valence-electron chi connectivity index (χ1n) is 6.51. The molecule has 0 atom stereocenters. The van der Waals surface area contributed by atoms with E-state index in [1.54, 1.807) is 7.11 Å². The molecule has 1 N–H and O–H groups in total.